The zero-order chi connectivity index (χ0) is 33.4. The summed E-state index contributed by atoms with van der Waals surface area (Å²) in [6.07, 6.45) is 2.58. The Balaban J connectivity index is 0.000000297. The summed E-state index contributed by atoms with van der Waals surface area (Å²) in [6, 6.07) is 30.3. The molecule has 0 bridgehead atoms. The lowest BCUT2D eigenvalue weighted by atomic mass is 9.99. The molecule has 0 saturated carbocycles. The van der Waals surface area contributed by atoms with E-state index in [0.29, 0.717) is 29.2 Å². The maximum Gasteiger partial charge on any atom is 0.255 e. The van der Waals surface area contributed by atoms with Crippen LogP contribution in [-0.4, -0.2) is 17.6 Å². The van der Waals surface area contributed by atoms with Crippen LogP contribution in [0, 0.1) is 25.7 Å². The first-order chi connectivity index (χ1) is 21.6. The molecule has 0 aliphatic carbocycles. The minimum absolute atomic E-state index is 0.0369. The topological polar surface area (TPSA) is 127 Å². The number of rotatable bonds is 10. The van der Waals surface area contributed by atoms with E-state index < -0.39 is 0 Å². The molecule has 0 fully saturated rings. The average Bonchev–Trinajstić information content (AvgIpc) is 3.02. The summed E-state index contributed by atoms with van der Waals surface area (Å²) in [5.41, 5.74) is 6.52. The van der Waals surface area contributed by atoms with Crippen molar-refractivity contribution < 1.29 is 14.4 Å². The number of hydrazine groups is 1. The van der Waals surface area contributed by atoms with Crippen molar-refractivity contribution in [1.29, 1.82) is 0 Å². The lowest BCUT2D eigenvalue weighted by Crippen LogP contribution is -2.16. The zero-order valence-corrected chi connectivity index (χ0v) is 27.4. The summed E-state index contributed by atoms with van der Waals surface area (Å²) in [6.45, 7) is 12.3. The average molecular weight is 609 g/mol. The van der Waals surface area contributed by atoms with Gasteiger partial charge in [0.2, 0.25) is 0 Å². The van der Waals surface area contributed by atoms with Crippen molar-refractivity contribution in [3.63, 3.8) is 0 Å². The van der Waals surface area contributed by atoms with E-state index in [2.05, 4.69) is 42.2 Å². The van der Waals surface area contributed by atoms with Crippen molar-refractivity contribution in [2.24, 2.45) is 23.5 Å². The Morgan fingerprint density at radius 2 is 1.00 bits per heavy atom. The van der Waals surface area contributed by atoms with E-state index in [4.69, 9.17) is 0 Å². The summed E-state index contributed by atoms with van der Waals surface area (Å²) in [5.74, 6) is 8.77. The SMILES string of the molecule is Cc1ccccc1C(=O)Nc1ccccc1C(=O)CC(C)C.Cc1ccccc1C(=O)Nc1ccccc1CCC(C)C.NN. The van der Waals surface area contributed by atoms with Gasteiger partial charge >= 0.3 is 0 Å². The van der Waals surface area contributed by atoms with Crippen molar-refractivity contribution in [3.8, 4) is 0 Å². The fourth-order valence-electron chi connectivity index (χ4n) is 4.66. The fraction of sp³-hybridized carbons (Fsp3) is 0.289. The highest BCUT2D eigenvalue weighted by molar-refractivity contribution is 6.10. The van der Waals surface area contributed by atoms with E-state index in [1.807, 2.05) is 100 Å². The van der Waals surface area contributed by atoms with Gasteiger partial charge in [0.1, 0.15) is 0 Å². The number of amides is 2. The van der Waals surface area contributed by atoms with Gasteiger partial charge in [-0.1, -0.05) is 94.4 Å². The number of hydrogen-bond donors (Lipinski definition) is 4. The van der Waals surface area contributed by atoms with Crippen molar-refractivity contribution in [3.05, 3.63) is 130 Å². The van der Waals surface area contributed by atoms with E-state index in [9.17, 15) is 14.4 Å². The number of carbonyl (C=O) groups excluding carboxylic acids is 3. The molecule has 0 aliphatic rings. The molecule has 2 amide bonds. The molecule has 45 heavy (non-hydrogen) atoms. The molecule has 4 aromatic rings. The van der Waals surface area contributed by atoms with E-state index in [-0.39, 0.29) is 23.5 Å². The third kappa shape index (κ3) is 11.8. The van der Waals surface area contributed by atoms with Crippen molar-refractivity contribution in [1.82, 2.24) is 0 Å². The minimum atomic E-state index is -0.192. The van der Waals surface area contributed by atoms with Gasteiger partial charge in [-0.2, -0.15) is 0 Å². The van der Waals surface area contributed by atoms with E-state index in [1.165, 1.54) is 5.56 Å². The van der Waals surface area contributed by atoms with Crippen LogP contribution >= 0.6 is 0 Å². The molecule has 0 heterocycles. The smallest absolute Gasteiger partial charge is 0.255 e. The highest BCUT2D eigenvalue weighted by Crippen LogP contribution is 2.22. The number of Topliss-reactive ketones (excluding diaryl/α,β-unsaturated/α-hetero) is 1. The second kappa shape index (κ2) is 18.9. The number of anilines is 2. The molecular formula is C38H48N4O3. The third-order valence-corrected chi connectivity index (χ3v) is 7.11. The van der Waals surface area contributed by atoms with Crippen molar-refractivity contribution in [2.75, 3.05) is 10.6 Å². The number of ketones is 1. The summed E-state index contributed by atoms with van der Waals surface area (Å²) in [7, 11) is 0. The molecule has 0 aromatic heterocycles. The molecule has 7 heteroatoms. The first kappa shape index (κ1) is 36.6. The van der Waals surface area contributed by atoms with Gasteiger partial charge in [0.05, 0.1) is 5.69 Å². The van der Waals surface area contributed by atoms with Gasteiger partial charge in [0, 0.05) is 28.8 Å². The van der Waals surface area contributed by atoms with E-state index in [1.54, 1.807) is 18.2 Å². The number of aryl methyl sites for hydroxylation is 3. The molecule has 7 nitrogen and oxygen atoms in total. The normalized spacial score (nSPS) is 10.3. The van der Waals surface area contributed by atoms with E-state index in [0.717, 1.165) is 35.2 Å². The molecule has 0 unspecified atom stereocenters. The van der Waals surface area contributed by atoms with Gasteiger partial charge in [0.25, 0.3) is 11.8 Å². The summed E-state index contributed by atoms with van der Waals surface area (Å²) < 4.78 is 0. The minimum Gasteiger partial charge on any atom is -0.322 e. The Bertz CT molecular complexity index is 1550. The first-order valence-corrected chi connectivity index (χ1v) is 15.3. The highest BCUT2D eigenvalue weighted by atomic mass is 16.2. The van der Waals surface area contributed by atoms with Gasteiger partial charge in [-0.3, -0.25) is 26.1 Å². The molecule has 4 aromatic carbocycles. The zero-order valence-electron chi connectivity index (χ0n) is 27.4. The summed E-state index contributed by atoms with van der Waals surface area (Å²) in [5, 5.41) is 5.91. The Morgan fingerprint density at radius 3 is 1.49 bits per heavy atom. The molecule has 0 radical (unpaired) electrons. The molecule has 238 valence electrons. The molecule has 0 spiro atoms. The number of para-hydroxylation sites is 2. The van der Waals surface area contributed by atoms with Crippen LogP contribution in [0.5, 0.6) is 0 Å². The fourth-order valence-corrected chi connectivity index (χ4v) is 4.66. The van der Waals surface area contributed by atoms with Crippen LogP contribution in [0.3, 0.4) is 0 Å². The predicted octanol–water partition coefficient (Wildman–Crippen LogP) is 8.13. The van der Waals surface area contributed by atoms with Crippen LogP contribution in [0.1, 0.15) is 88.3 Å². The molecule has 4 rings (SSSR count). The number of nitrogens with two attached hydrogens (primary N) is 2. The Kier molecular flexibility index (Phi) is 15.4. The van der Waals surface area contributed by atoms with Crippen LogP contribution in [0.25, 0.3) is 0 Å². The maximum absolute atomic E-state index is 12.4. The van der Waals surface area contributed by atoms with Crippen LogP contribution in [0.4, 0.5) is 11.4 Å². The number of benzene rings is 4. The van der Waals surface area contributed by atoms with Crippen LogP contribution < -0.4 is 22.3 Å². The second-order valence-corrected chi connectivity index (χ2v) is 11.7. The number of hydrogen-bond acceptors (Lipinski definition) is 5. The molecule has 6 N–H and O–H groups in total. The van der Waals surface area contributed by atoms with Gasteiger partial charge in [-0.05, 0) is 85.5 Å². The van der Waals surface area contributed by atoms with Crippen LogP contribution in [-0.2, 0) is 6.42 Å². The summed E-state index contributed by atoms with van der Waals surface area (Å²) >= 11 is 0. The predicted molar refractivity (Wildman–Crippen MR) is 186 cm³/mol. The van der Waals surface area contributed by atoms with Gasteiger partial charge < -0.3 is 10.6 Å². The lowest BCUT2D eigenvalue weighted by Gasteiger charge is -2.13. The maximum atomic E-state index is 12.4. The second-order valence-electron chi connectivity index (χ2n) is 11.7. The third-order valence-electron chi connectivity index (χ3n) is 7.11. The van der Waals surface area contributed by atoms with Crippen LogP contribution in [0.2, 0.25) is 0 Å². The molecule has 0 saturated heterocycles. The van der Waals surface area contributed by atoms with E-state index >= 15 is 0 Å². The number of nitrogens with one attached hydrogen (secondary N) is 2. The standard InChI is InChI=1S/C19H21NO2.C19H23NO.H4N2/c1-13(2)12-18(21)16-10-6-7-11-17(16)20-19(22)15-9-5-4-8-14(15)3;1-14(2)12-13-16-9-5-7-11-18(16)20-19(21)17-10-6-4-8-15(17)3;1-2/h4-11,13H,12H2,1-3H3,(H,20,22);4-11,14H,12-13H2,1-3H3,(H,20,21);1-2H2. The monoisotopic (exact) mass is 608 g/mol. The van der Waals surface area contributed by atoms with Gasteiger partial charge in [-0.15, -0.1) is 0 Å². The summed E-state index contributed by atoms with van der Waals surface area (Å²) in [4.78, 5) is 37.1. The first-order valence-electron chi connectivity index (χ1n) is 15.3. The quantitative estimate of drug-likeness (QED) is 0.0821. The molecule has 0 atom stereocenters. The molecule has 0 aliphatic heterocycles. The Morgan fingerprint density at radius 1 is 0.578 bits per heavy atom. The van der Waals surface area contributed by atoms with Crippen molar-refractivity contribution >= 4 is 29.0 Å². The largest absolute Gasteiger partial charge is 0.322 e. The number of carbonyl (C=O) groups is 3. The van der Waals surface area contributed by atoms with Crippen LogP contribution in [0.15, 0.2) is 97.1 Å². The highest BCUT2D eigenvalue weighted by Gasteiger charge is 2.16. The Labute approximate surface area is 268 Å². The van der Waals surface area contributed by atoms with Gasteiger partial charge in [0.15, 0.2) is 5.78 Å². The lowest BCUT2D eigenvalue weighted by molar-refractivity contribution is 0.0967. The Hall–Kier alpha value is -4.59. The van der Waals surface area contributed by atoms with Gasteiger partial charge in [-0.25, -0.2) is 0 Å². The molecular weight excluding hydrogens is 560 g/mol. The van der Waals surface area contributed by atoms with Crippen molar-refractivity contribution in [2.45, 2.75) is 60.8 Å².